The second-order valence-corrected chi connectivity index (χ2v) is 11.4. The summed E-state index contributed by atoms with van der Waals surface area (Å²) in [7, 11) is 0. The molecule has 0 bridgehead atoms. The zero-order valence-electron chi connectivity index (χ0n) is 20.0. The maximum absolute atomic E-state index is 12.7. The molecule has 3 aromatic rings. The van der Waals surface area contributed by atoms with Crippen LogP contribution in [0.5, 0.6) is 0 Å². The Labute approximate surface area is 212 Å². The zero-order chi connectivity index (χ0) is 24.2. The molecular formula is C24H30N4O3S3. The zero-order valence-corrected chi connectivity index (χ0v) is 22.4. The summed E-state index contributed by atoms with van der Waals surface area (Å²) in [6.07, 6.45) is 4.21. The molecule has 1 N–H and O–H groups in total. The Hall–Kier alpha value is -2.17. The standard InChI is InChI=1S/C24H30N4O3S3/c1-5-15-11-17(23(30)31-7-3)22(34-15)25-20(29)13-33-24-27-26-21(28(24)6-2)18-12-32-19-10-14(4)8-9-16(18)19/h11-12,14H,5-10,13H2,1-4H3,(H,25,29). The predicted octanol–water partition coefficient (Wildman–Crippen LogP) is 5.68. The highest BCUT2D eigenvalue weighted by molar-refractivity contribution is 7.99. The van der Waals surface area contributed by atoms with Crippen molar-refractivity contribution in [1.82, 2.24) is 14.8 Å². The molecule has 10 heteroatoms. The minimum absolute atomic E-state index is 0.180. The number of rotatable bonds is 9. The average Bonchev–Trinajstić information content (AvgIpc) is 3.53. The van der Waals surface area contributed by atoms with Gasteiger partial charge in [-0.05, 0) is 57.1 Å². The molecule has 34 heavy (non-hydrogen) atoms. The van der Waals surface area contributed by atoms with Crippen molar-refractivity contribution in [3.05, 3.63) is 32.3 Å². The number of nitrogens with zero attached hydrogens (tertiary/aromatic N) is 3. The second kappa shape index (κ2) is 11.0. The highest BCUT2D eigenvalue weighted by Crippen LogP contribution is 2.38. The molecule has 3 aromatic heterocycles. The van der Waals surface area contributed by atoms with Gasteiger partial charge in [-0.1, -0.05) is 25.6 Å². The number of thioether (sulfide) groups is 1. The van der Waals surface area contributed by atoms with Crippen molar-refractivity contribution < 1.29 is 14.3 Å². The highest BCUT2D eigenvalue weighted by Gasteiger charge is 2.25. The van der Waals surface area contributed by atoms with Crippen molar-refractivity contribution in [1.29, 1.82) is 0 Å². The number of carbonyl (C=O) groups excluding carboxylic acids is 2. The van der Waals surface area contributed by atoms with Crippen LogP contribution in [0.1, 0.15) is 59.8 Å². The lowest BCUT2D eigenvalue weighted by Gasteiger charge is -2.19. The minimum Gasteiger partial charge on any atom is -0.462 e. The molecule has 0 saturated heterocycles. The molecule has 7 nitrogen and oxygen atoms in total. The lowest BCUT2D eigenvalue weighted by Crippen LogP contribution is -2.16. The molecule has 1 unspecified atom stereocenters. The third-order valence-corrected chi connectivity index (χ3v) is 9.10. The van der Waals surface area contributed by atoms with Crippen molar-refractivity contribution in [2.24, 2.45) is 5.92 Å². The fraction of sp³-hybridized carbons (Fsp3) is 0.500. The van der Waals surface area contributed by atoms with Crippen LogP contribution in [0.25, 0.3) is 11.4 Å². The highest BCUT2D eigenvalue weighted by atomic mass is 32.2. The smallest absolute Gasteiger partial charge is 0.341 e. The number of anilines is 1. The first-order chi connectivity index (χ1) is 16.4. The van der Waals surface area contributed by atoms with Crippen molar-refractivity contribution in [3.63, 3.8) is 0 Å². The Balaban J connectivity index is 1.46. The van der Waals surface area contributed by atoms with E-state index < -0.39 is 5.97 Å². The number of aryl methyl sites for hydroxylation is 1. The summed E-state index contributed by atoms with van der Waals surface area (Å²) >= 11 is 4.59. The minimum atomic E-state index is -0.412. The van der Waals surface area contributed by atoms with Crippen LogP contribution in [0, 0.1) is 5.92 Å². The molecule has 1 amide bonds. The van der Waals surface area contributed by atoms with Gasteiger partial charge >= 0.3 is 5.97 Å². The molecule has 182 valence electrons. The van der Waals surface area contributed by atoms with Gasteiger partial charge in [0.15, 0.2) is 11.0 Å². The van der Waals surface area contributed by atoms with Crippen molar-refractivity contribution in [3.8, 4) is 11.4 Å². The number of ether oxygens (including phenoxy) is 1. The van der Waals surface area contributed by atoms with E-state index in [9.17, 15) is 9.59 Å². The van der Waals surface area contributed by atoms with Crippen molar-refractivity contribution >= 4 is 51.3 Å². The Morgan fingerprint density at radius 3 is 2.85 bits per heavy atom. The van der Waals surface area contributed by atoms with E-state index in [0.29, 0.717) is 17.2 Å². The number of fused-ring (bicyclic) bond motifs is 1. The molecular weight excluding hydrogens is 488 g/mol. The lowest BCUT2D eigenvalue weighted by molar-refractivity contribution is -0.113. The SMILES string of the molecule is CCOC(=O)c1cc(CC)sc1NC(=O)CSc1nnc(-c2csc3c2CCC(C)C3)n1CC. The number of nitrogens with one attached hydrogen (secondary N) is 1. The molecule has 4 rings (SSSR count). The maximum atomic E-state index is 12.7. The number of carbonyl (C=O) groups is 2. The average molecular weight is 519 g/mol. The van der Waals surface area contributed by atoms with Crippen LogP contribution in [0.15, 0.2) is 16.6 Å². The van der Waals surface area contributed by atoms with Gasteiger partial charge in [-0.3, -0.25) is 4.79 Å². The van der Waals surface area contributed by atoms with Gasteiger partial charge in [0.2, 0.25) is 5.91 Å². The molecule has 3 heterocycles. The third-order valence-electron chi connectivity index (χ3n) is 5.89. The monoisotopic (exact) mass is 518 g/mol. The largest absolute Gasteiger partial charge is 0.462 e. The summed E-state index contributed by atoms with van der Waals surface area (Å²) in [5.74, 6) is 1.19. The fourth-order valence-electron chi connectivity index (χ4n) is 4.11. The topological polar surface area (TPSA) is 86.1 Å². The molecule has 0 spiro atoms. The normalized spacial score (nSPS) is 15.2. The van der Waals surface area contributed by atoms with Crippen molar-refractivity contribution in [2.75, 3.05) is 17.7 Å². The van der Waals surface area contributed by atoms with Crippen LogP contribution in [0.2, 0.25) is 0 Å². The van der Waals surface area contributed by atoms with Gasteiger partial charge in [-0.2, -0.15) is 0 Å². The Morgan fingerprint density at radius 2 is 2.12 bits per heavy atom. The first-order valence-corrected chi connectivity index (χ1v) is 14.4. The van der Waals surface area contributed by atoms with Gasteiger partial charge in [-0.25, -0.2) is 4.79 Å². The summed E-state index contributed by atoms with van der Waals surface area (Å²) in [6, 6.07) is 1.80. The third kappa shape index (κ3) is 5.23. The Bertz CT molecular complexity index is 1180. The van der Waals surface area contributed by atoms with Gasteiger partial charge in [0.25, 0.3) is 0 Å². The van der Waals surface area contributed by atoms with E-state index in [1.54, 1.807) is 13.0 Å². The van der Waals surface area contributed by atoms with Crippen LogP contribution in [0.4, 0.5) is 5.00 Å². The molecule has 0 fully saturated rings. The van der Waals surface area contributed by atoms with E-state index in [1.807, 2.05) is 18.3 Å². The molecule has 0 radical (unpaired) electrons. The van der Waals surface area contributed by atoms with Crippen molar-refractivity contribution in [2.45, 2.75) is 65.1 Å². The van der Waals surface area contributed by atoms with E-state index in [2.05, 4.69) is 39.3 Å². The van der Waals surface area contributed by atoms with Crippen LogP contribution >= 0.6 is 34.4 Å². The van der Waals surface area contributed by atoms with Gasteiger partial charge in [0, 0.05) is 27.2 Å². The number of thiophene rings is 2. The van der Waals surface area contributed by atoms with Crippen LogP contribution in [-0.2, 0) is 35.3 Å². The van der Waals surface area contributed by atoms with Crippen LogP contribution in [0.3, 0.4) is 0 Å². The summed E-state index contributed by atoms with van der Waals surface area (Å²) in [6.45, 7) is 9.19. The van der Waals surface area contributed by atoms with E-state index >= 15 is 0 Å². The molecule has 0 aromatic carbocycles. The number of hydrogen-bond donors (Lipinski definition) is 1. The number of esters is 1. The maximum Gasteiger partial charge on any atom is 0.341 e. The lowest BCUT2D eigenvalue weighted by atomic mass is 9.88. The fourth-order valence-corrected chi connectivity index (χ4v) is 7.15. The van der Waals surface area contributed by atoms with Gasteiger partial charge in [0.1, 0.15) is 5.00 Å². The molecule has 1 atom stereocenters. The second-order valence-electron chi connectivity index (χ2n) is 8.32. The van der Waals surface area contributed by atoms with E-state index in [0.717, 1.165) is 47.6 Å². The summed E-state index contributed by atoms with van der Waals surface area (Å²) in [5.41, 5.74) is 3.01. The summed E-state index contributed by atoms with van der Waals surface area (Å²) < 4.78 is 7.23. The predicted molar refractivity (Wildman–Crippen MR) is 139 cm³/mol. The van der Waals surface area contributed by atoms with Gasteiger partial charge < -0.3 is 14.6 Å². The van der Waals surface area contributed by atoms with Gasteiger partial charge in [0.05, 0.1) is 17.9 Å². The molecule has 0 saturated carbocycles. The number of aromatic nitrogens is 3. The molecule has 1 aliphatic carbocycles. The van der Waals surface area contributed by atoms with E-state index in [4.69, 9.17) is 4.74 Å². The van der Waals surface area contributed by atoms with Crippen LogP contribution in [-0.4, -0.2) is 39.0 Å². The van der Waals surface area contributed by atoms with E-state index in [-0.39, 0.29) is 11.7 Å². The quantitative estimate of drug-likeness (QED) is 0.290. The first kappa shape index (κ1) is 24.9. The Morgan fingerprint density at radius 1 is 1.29 bits per heavy atom. The Kier molecular flexibility index (Phi) is 8.10. The summed E-state index contributed by atoms with van der Waals surface area (Å²) in [5, 5.41) is 15.3. The first-order valence-electron chi connectivity index (χ1n) is 11.7. The summed E-state index contributed by atoms with van der Waals surface area (Å²) in [4.78, 5) is 27.5. The number of amides is 1. The van der Waals surface area contributed by atoms with E-state index in [1.165, 1.54) is 45.5 Å². The van der Waals surface area contributed by atoms with Gasteiger partial charge in [-0.15, -0.1) is 32.9 Å². The molecule has 0 aliphatic heterocycles. The molecule has 1 aliphatic rings. The van der Waals surface area contributed by atoms with Crippen LogP contribution < -0.4 is 5.32 Å². The number of hydrogen-bond acceptors (Lipinski definition) is 8.